The van der Waals surface area contributed by atoms with E-state index in [2.05, 4.69) is 320 Å². The van der Waals surface area contributed by atoms with Gasteiger partial charge in [0.1, 0.15) is 22.1 Å². The number of rotatable bonds is 20. The third-order valence-electron chi connectivity index (χ3n) is 25.2. The van der Waals surface area contributed by atoms with Crippen molar-refractivity contribution in [3.8, 4) is 11.5 Å². The maximum atomic E-state index is 12.9. The molecule has 16 nitrogen and oxygen atoms in total. The van der Waals surface area contributed by atoms with Crippen LogP contribution in [0, 0.1) is 0 Å². The maximum absolute atomic E-state index is 12.9. The molecule has 1 fully saturated rings. The second kappa shape index (κ2) is 45.2. The van der Waals surface area contributed by atoms with Crippen LogP contribution >= 0.6 is 35.1 Å². The smallest absolute Gasteiger partial charge is 0.243 e. The number of nitrogens with zero attached hydrogens (tertiary/aromatic N) is 12. The topological polar surface area (TPSA) is 138 Å². The fraction of sp³-hybridized carbons (Fsp3) is 0.208. The van der Waals surface area contributed by atoms with Crippen LogP contribution in [0.1, 0.15) is 108 Å². The molecule has 14 aromatic rings. The van der Waals surface area contributed by atoms with Crippen molar-refractivity contribution in [2.24, 2.45) is 15.0 Å². The van der Waals surface area contributed by atoms with Gasteiger partial charge < -0.3 is 43.8 Å². The number of ketones is 1. The number of aliphatic imine (C=N–C) groups is 3. The average molecular weight is 1900 g/mol. The van der Waals surface area contributed by atoms with Gasteiger partial charge in [-0.25, -0.2) is 4.98 Å². The van der Waals surface area contributed by atoms with Gasteiger partial charge in [-0.15, -0.1) is 0 Å². The molecule has 1 saturated heterocycles. The summed E-state index contributed by atoms with van der Waals surface area (Å²) < 4.78 is 10.7. The Balaban J connectivity index is 0.000000133. The number of allylic oxidation sites excluding steroid dienone is 4. The summed E-state index contributed by atoms with van der Waals surface area (Å²) >= 11 is 9.25. The Morgan fingerprint density at radius 2 is 0.820 bits per heavy atom. The Morgan fingerprint density at radius 3 is 1.32 bits per heavy atom. The van der Waals surface area contributed by atoms with Gasteiger partial charge in [-0.3, -0.25) is 29.6 Å². The largest absolute Gasteiger partial charge is 0.497 e. The lowest BCUT2D eigenvalue weighted by atomic mass is 9.81. The van der Waals surface area contributed by atoms with Crippen LogP contribution in [0.25, 0.3) is 64.3 Å². The van der Waals surface area contributed by atoms with E-state index in [1.54, 1.807) is 56.1 Å². The van der Waals surface area contributed by atoms with Gasteiger partial charge in [-0.2, -0.15) is 0 Å². The highest BCUT2D eigenvalue weighted by molar-refractivity contribution is 8.07. The number of hydrogen-bond acceptors (Lipinski definition) is 17. The number of thioether (sulfide) groups is 2. The van der Waals surface area contributed by atoms with E-state index in [9.17, 15) is 9.59 Å². The van der Waals surface area contributed by atoms with Crippen LogP contribution < -0.4 is 38.9 Å². The van der Waals surface area contributed by atoms with Crippen LogP contribution in [0.15, 0.2) is 353 Å². The summed E-state index contributed by atoms with van der Waals surface area (Å²) in [5.41, 5.74) is 27.7. The molecule has 0 bridgehead atoms. The summed E-state index contributed by atoms with van der Waals surface area (Å²) in [4.78, 5) is 64.2. The lowest BCUT2D eigenvalue weighted by Crippen LogP contribution is -2.39. The summed E-state index contributed by atoms with van der Waals surface area (Å²) in [5.74, 6) is 1.60. The van der Waals surface area contributed by atoms with Crippen LogP contribution in [0.2, 0.25) is 5.02 Å². The van der Waals surface area contributed by atoms with Gasteiger partial charge in [0.15, 0.2) is 5.78 Å². The SMILES string of the molecule is CN(C)c1ccc(C=CC2=Nc3ccc(Cl)cc3C2(C)C)cc1.CN(C)c1ccc(C=CC2=Nc3ccccc3C2(C)C)cc1.CN(C)c1ccc(C=Cc2ccc3ccccc3n2)cc1.CN(C)c1ccc(C=Cc2ccnc3ccccc23)cc1.COc1ccc2c(c1)C(C)(C)C(C=Cc1ccc(N(C)C)cc1)=N2.COc1ccc2c(c1)SC(C1S/C(=C/C(=O)c3ccccc3)N(C)C1=O)N2C. The Morgan fingerprint density at radius 1 is 0.403 bits per heavy atom. The normalized spacial score (nSPS) is 15.6. The first-order valence-electron chi connectivity index (χ1n) is 46.4. The van der Waals surface area contributed by atoms with E-state index >= 15 is 0 Å². The Labute approximate surface area is 834 Å². The van der Waals surface area contributed by atoms with Crippen molar-refractivity contribution in [2.75, 3.05) is 128 Å². The van der Waals surface area contributed by atoms with Gasteiger partial charge in [0.05, 0.1) is 75.9 Å². The summed E-state index contributed by atoms with van der Waals surface area (Å²) in [6, 6.07) is 101. The van der Waals surface area contributed by atoms with Crippen molar-refractivity contribution >= 4 is 179 Å². The number of aromatic nitrogens is 2. The number of hydrogen-bond donors (Lipinski definition) is 0. The predicted molar refractivity (Wildman–Crippen MR) is 598 cm³/mol. The number of carbonyl (C=O) groups excluding carboxylic acids is 2. The number of para-hydroxylation sites is 3. The predicted octanol–water partition coefficient (Wildman–Crippen LogP) is 28.0. The molecule has 19 heteroatoms. The van der Waals surface area contributed by atoms with E-state index in [0.29, 0.717) is 10.6 Å². The molecule has 0 aliphatic carbocycles. The van der Waals surface area contributed by atoms with Crippen molar-refractivity contribution < 1.29 is 19.1 Å². The molecular weight excluding hydrogens is 1770 g/mol. The summed E-state index contributed by atoms with van der Waals surface area (Å²) in [7, 11) is 27.6. The van der Waals surface area contributed by atoms with Crippen molar-refractivity contribution in [1.29, 1.82) is 0 Å². The van der Waals surface area contributed by atoms with Crippen molar-refractivity contribution in [3.05, 3.63) is 399 Å². The molecule has 2 aromatic heterocycles. The van der Waals surface area contributed by atoms with E-state index in [1.165, 1.54) is 101 Å². The van der Waals surface area contributed by atoms with Crippen molar-refractivity contribution in [3.63, 3.8) is 0 Å². The van der Waals surface area contributed by atoms with E-state index in [0.717, 1.165) is 78.0 Å². The molecule has 19 rings (SSSR count). The molecule has 1 amide bonds. The molecule has 12 aromatic carbocycles. The van der Waals surface area contributed by atoms with E-state index in [1.807, 2.05) is 191 Å². The molecule has 0 saturated carbocycles. The number of ether oxygens (including phenoxy) is 2. The highest BCUT2D eigenvalue weighted by Gasteiger charge is 2.46. The Hall–Kier alpha value is -14.6. The Kier molecular flexibility index (Phi) is 32.6. The summed E-state index contributed by atoms with van der Waals surface area (Å²) in [5, 5.41) is 3.47. The van der Waals surface area contributed by atoms with E-state index in [-0.39, 0.29) is 38.6 Å². The number of methoxy groups -OCH3 is 2. The van der Waals surface area contributed by atoms with Crippen LogP contribution in [-0.4, -0.2) is 153 Å². The second-order valence-corrected chi connectivity index (χ2v) is 39.7. The Bertz CT molecular complexity index is 6990. The number of fused-ring (bicyclic) bond motifs is 6. The van der Waals surface area contributed by atoms with E-state index < -0.39 is 0 Å². The number of carbonyl (C=O) groups is 2. The number of amides is 1. The first-order chi connectivity index (χ1) is 66.7. The fourth-order valence-corrected chi connectivity index (χ4v) is 19.5. The summed E-state index contributed by atoms with van der Waals surface area (Å²) in [6.45, 7) is 13.3. The molecule has 139 heavy (non-hydrogen) atoms. The van der Waals surface area contributed by atoms with Crippen LogP contribution in [0.3, 0.4) is 0 Å². The standard InChI is InChI=1S/C21H20N2O3S2.C21H24N2O.C20H21ClN2.C20H22N2.2C19H18N2/c1-22-15-10-9-14(26-3)11-17(15)27-21(22)19-20(25)23(2)18(28-19)12-16(24)13-7-5-4-6-8-13;1-21(2)18-14-17(24-5)11-12-19(18)22-20(21)13-8-15-6-9-16(10-7-15)23(3)4;1-20(2)17-13-15(21)8-11-18(17)22-19(20)12-7-14-5-9-16(10-6-14)23(3)4;1-20(2)17-7-5-6-8-18(17)21-19(20)14-11-15-9-12-16(13-10-15)22(3)4;1-21(2)18-13-8-15(9-14-18)7-11-17-12-10-16-5-3-4-6-19(16)20-17;1-21(2)17-11-8-15(9-12-17)7-10-16-13-14-20-19-6-4-3-5-18(16)19/h4-12,19,21H,1-3H3;6-14H,1-5H3;5-13H,1-4H3;5-14H,1-4H3;2*3-14H,1-2H3/b18-12+;;;;;. The van der Waals surface area contributed by atoms with Gasteiger partial charge in [0.25, 0.3) is 0 Å². The molecule has 2 unspecified atom stereocenters. The second-order valence-electron chi connectivity index (χ2n) is 37.0. The molecule has 0 N–H and O–H groups in total. The minimum atomic E-state index is -0.284. The maximum Gasteiger partial charge on any atom is 0.243 e. The van der Waals surface area contributed by atoms with Gasteiger partial charge in [-0.1, -0.05) is 265 Å². The first-order valence-corrected chi connectivity index (χ1v) is 48.5. The molecular formula is C120H123ClN12O4S2. The molecule has 5 aliphatic rings. The molecule has 7 heterocycles. The van der Waals surface area contributed by atoms with Gasteiger partial charge in [0.2, 0.25) is 5.91 Å². The number of anilines is 6. The molecule has 5 aliphatic heterocycles. The minimum absolute atomic E-state index is 0.0150. The zero-order chi connectivity index (χ0) is 98.8. The van der Waals surface area contributed by atoms with Crippen LogP contribution in [-0.2, 0) is 21.0 Å². The van der Waals surface area contributed by atoms with Crippen molar-refractivity contribution in [1.82, 2.24) is 14.9 Å². The third-order valence-corrected chi connectivity index (χ3v) is 28.3. The lowest BCUT2D eigenvalue weighted by Gasteiger charge is -2.24. The number of benzene rings is 12. The molecule has 0 spiro atoms. The number of pyridine rings is 2. The van der Waals surface area contributed by atoms with Crippen LogP contribution in [0.4, 0.5) is 51.2 Å². The average Bonchev–Trinajstić information content (AvgIpc) is 1.64. The van der Waals surface area contributed by atoms with Gasteiger partial charge in [-0.05, 0) is 220 Å². The van der Waals surface area contributed by atoms with Crippen LogP contribution in [0.5, 0.6) is 11.5 Å². The molecule has 2 atom stereocenters. The lowest BCUT2D eigenvalue weighted by molar-refractivity contribution is -0.126. The van der Waals surface area contributed by atoms with Gasteiger partial charge in [0, 0.05) is 168 Å². The third kappa shape index (κ3) is 24.7. The fourth-order valence-electron chi connectivity index (χ4n) is 16.4. The highest BCUT2D eigenvalue weighted by Crippen LogP contribution is 2.52. The molecule has 706 valence electrons. The zero-order valence-electron chi connectivity index (χ0n) is 83.1. The van der Waals surface area contributed by atoms with Crippen molar-refractivity contribution in [2.45, 2.75) is 73.3 Å². The minimum Gasteiger partial charge on any atom is -0.497 e. The monoisotopic (exact) mass is 1890 g/mol. The van der Waals surface area contributed by atoms with E-state index in [4.69, 9.17) is 36.1 Å². The number of halogens is 1. The first kappa shape index (κ1) is 100. The quantitative estimate of drug-likeness (QED) is 0.0528. The zero-order valence-corrected chi connectivity index (χ0v) is 85.5. The summed E-state index contributed by atoms with van der Waals surface area (Å²) in [6.07, 6.45) is 24.6. The van der Waals surface area contributed by atoms with Gasteiger partial charge >= 0.3 is 0 Å². The molecule has 0 radical (unpaired) electrons. The highest BCUT2D eigenvalue weighted by atomic mass is 35.5.